The van der Waals surface area contributed by atoms with Crippen molar-refractivity contribution in [3.8, 4) is 0 Å². The lowest BCUT2D eigenvalue weighted by atomic mass is 10.4. The van der Waals surface area contributed by atoms with Crippen molar-refractivity contribution in [2.24, 2.45) is 0 Å². The fourth-order valence-corrected chi connectivity index (χ4v) is 0.355. The van der Waals surface area contributed by atoms with Gasteiger partial charge in [0, 0.05) is 4.92 Å². The van der Waals surface area contributed by atoms with Gasteiger partial charge in [-0.05, 0) is 0 Å². The Hall–Kier alpha value is -1.84. The quantitative estimate of drug-likeness (QED) is 0.313. The van der Waals surface area contributed by atoms with E-state index in [0.717, 1.165) is 0 Å². The van der Waals surface area contributed by atoms with Gasteiger partial charge in [0.1, 0.15) is 9.85 Å². The highest BCUT2D eigenvalue weighted by atomic mass is 16.7. The van der Waals surface area contributed by atoms with E-state index < -0.39 is 27.2 Å². The zero-order valence-electron chi connectivity index (χ0n) is 5.45. The first kappa shape index (κ1) is 10.2. The number of nitro groups is 3. The summed E-state index contributed by atoms with van der Waals surface area (Å²) in [7, 11) is 0. The maximum atomic E-state index is 9.81. The number of rotatable bonds is 4. The lowest BCUT2D eigenvalue weighted by molar-refractivity contribution is -0.868. The van der Waals surface area contributed by atoms with Gasteiger partial charge in [-0.1, -0.05) is 0 Å². The largest absolute Gasteiger partial charge is 0.641 e. The molecule has 1 N–H and O–H groups in total. The number of aliphatic hydroxyl groups is 1. The fraction of sp³-hybridized carbons (Fsp3) is 1.00. The topological polar surface area (TPSA) is 150 Å². The number of nitrogens with zero attached hydrogens (tertiary/aromatic N) is 3. The molecule has 0 heterocycles. The van der Waals surface area contributed by atoms with Crippen LogP contribution in [-0.2, 0) is 0 Å². The van der Waals surface area contributed by atoms with Gasteiger partial charge in [-0.2, -0.15) is 0 Å². The summed E-state index contributed by atoms with van der Waals surface area (Å²) in [6, 6.07) is 0. The van der Waals surface area contributed by atoms with E-state index in [4.69, 9.17) is 5.11 Å². The lowest BCUT2D eigenvalue weighted by Crippen LogP contribution is -2.51. The van der Waals surface area contributed by atoms with E-state index in [9.17, 15) is 30.3 Å². The second-order valence-electron chi connectivity index (χ2n) is 1.78. The molecule has 0 saturated heterocycles. The standard InChI is InChI=1S/C2H3N3O7/c6-2(4(9)10,5(11)12)1-3(7)8/h6H,1H2. The Morgan fingerprint density at radius 2 is 1.42 bits per heavy atom. The molecule has 0 amide bonds. The molecular weight excluding hydrogens is 178 g/mol. The smallest absolute Gasteiger partial charge is 0.264 e. The molecule has 0 unspecified atom stereocenters. The van der Waals surface area contributed by atoms with Crippen molar-refractivity contribution in [3.63, 3.8) is 0 Å². The van der Waals surface area contributed by atoms with Crippen LogP contribution in [0.25, 0.3) is 0 Å². The minimum absolute atomic E-state index is 1.34. The van der Waals surface area contributed by atoms with Crippen LogP contribution in [0.2, 0.25) is 0 Å². The Labute approximate surface area is 63.9 Å². The van der Waals surface area contributed by atoms with Crippen LogP contribution in [0, 0.1) is 30.3 Å². The van der Waals surface area contributed by atoms with Gasteiger partial charge >= 0.3 is 12.4 Å². The Balaban J connectivity index is 4.75. The summed E-state index contributed by atoms with van der Waals surface area (Å²) in [5.41, 5.74) is 0. The van der Waals surface area contributed by atoms with E-state index in [1.807, 2.05) is 0 Å². The van der Waals surface area contributed by atoms with E-state index in [1.54, 1.807) is 0 Å². The van der Waals surface area contributed by atoms with Crippen LogP contribution in [0.4, 0.5) is 0 Å². The predicted octanol–water partition coefficient (Wildman–Crippen LogP) is -1.54. The molecule has 0 radical (unpaired) electrons. The second kappa shape index (κ2) is 3.04. The molecule has 0 aliphatic carbocycles. The van der Waals surface area contributed by atoms with Gasteiger partial charge in [-0.15, -0.1) is 0 Å². The van der Waals surface area contributed by atoms with Crippen LogP contribution in [0.3, 0.4) is 0 Å². The summed E-state index contributed by atoms with van der Waals surface area (Å²) in [4.78, 5) is 24.5. The van der Waals surface area contributed by atoms with Gasteiger partial charge in [0.05, 0.1) is 0 Å². The molecule has 0 aromatic heterocycles. The van der Waals surface area contributed by atoms with Gasteiger partial charge in [0.15, 0.2) is 0 Å². The summed E-state index contributed by atoms with van der Waals surface area (Å²) in [6.07, 6.45) is 0. The third-order valence-corrected chi connectivity index (χ3v) is 0.926. The molecule has 0 saturated carbocycles. The SMILES string of the molecule is O=[N+]([O-])CC(O)([N+](=O)[O-])[N+](=O)[O-]. The molecule has 10 nitrogen and oxygen atoms in total. The molecular formula is C2H3N3O7. The van der Waals surface area contributed by atoms with Crippen molar-refractivity contribution in [1.29, 1.82) is 0 Å². The fourth-order valence-electron chi connectivity index (χ4n) is 0.355. The Kier molecular flexibility index (Phi) is 2.58. The molecule has 0 aliphatic heterocycles. The highest BCUT2D eigenvalue weighted by Gasteiger charge is 2.60. The monoisotopic (exact) mass is 181 g/mol. The first-order valence-electron chi connectivity index (χ1n) is 2.44. The third-order valence-electron chi connectivity index (χ3n) is 0.926. The van der Waals surface area contributed by atoms with Crippen molar-refractivity contribution in [1.82, 2.24) is 0 Å². The molecule has 0 aliphatic rings. The van der Waals surface area contributed by atoms with Crippen LogP contribution in [0.1, 0.15) is 0 Å². The van der Waals surface area contributed by atoms with Gasteiger partial charge in [-0.25, -0.2) is 0 Å². The van der Waals surface area contributed by atoms with E-state index in [1.165, 1.54) is 0 Å². The molecule has 0 fully saturated rings. The maximum Gasteiger partial charge on any atom is 0.641 e. The summed E-state index contributed by atoms with van der Waals surface area (Å²) < 4.78 is 0. The highest BCUT2D eigenvalue weighted by molar-refractivity contribution is 4.46. The average Bonchev–Trinajstić information content (AvgIpc) is 1.84. The van der Waals surface area contributed by atoms with Crippen LogP contribution >= 0.6 is 0 Å². The zero-order valence-corrected chi connectivity index (χ0v) is 5.45. The summed E-state index contributed by atoms with van der Waals surface area (Å²) in [5.74, 6) is -3.73. The van der Waals surface area contributed by atoms with Crippen LogP contribution < -0.4 is 0 Å². The first-order valence-corrected chi connectivity index (χ1v) is 2.44. The van der Waals surface area contributed by atoms with E-state index in [0.29, 0.717) is 0 Å². The Morgan fingerprint density at radius 1 is 1.08 bits per heavy atom. The summed E-state index contributed by atoms with van der Waals surface area (Å²) in [5, 5.41) is 37.8. The van der Waals surface area contributed by atoms with Crippen molar-refractivity contribution in [2.45, 2.75) is 5.85 Å². The average molecular weight is 181 g/mol. The van der Waals surface area contributed by atoms with Gasteiger partial charge in [0.2, 0.25) is 0 Å². The molecule has 10 heteroatoms. The molecule has 12 heavy (non-hydrogen) atoms. The highest BCUT2D eigenvalue weighted by Crippen LogP contribution is 2.05. The van der Waals surface area contributed by atoms with E-state index in [2.05, 4.69) is 0 Å². The Morgan fingerprint density at radius 3 is 1.50 bits per heavy atom. The summed E-state index contributed by atoms with van der Waals surface area (Å²) >= 11 is 0. The van der Waals surface area contributed by atoms with Gasteiger partial charge < -0.3 is 0 Å². The van der Waals surface area contributed by atoms with Crippen molar-refractivity contribution >= 4 is 0 Å². The lowest BCUT2D eigenvalue weighted by Gasteiger charge is -2.04. The van der Waals surface area contributed by atoms with E-state index >= 15 is 0 Å². The molecule has 0 aromatic rings. The maximum absolute atomic E-state index is 9.81. The Bertz CT molecular complexity index is 221. The van der Waals surface area contributed by atoms with Crippen molar-refractivity contribution < 1.29 is 19.9 Å². The molecule has 0 spiro atoms. The van der Waals surface area contributed by atoms with Crippen molar-refractivity contribution in [2.75, 3.05) is 6.54 Å². The normalized spacial score (nSPS) is 10.8. The number of hydrogen-bond acceptors (Lipinski definition) is 7. The minimum atomic E-state index is -3.73. The summed E-state index contributed by atoms with van der Waals surface area (Å²) in [6.45, 7) is -1.77. The number of hydrogen-bond donors (Lipinski definition) is 1. The van der Waals surface area contributed by atoms with Crippen LogP contribution in [0.5, 0.6) is 0 Å². The van der Waals surface area contributed by atoms with Gasteiger partial charge in [-0.3, -0.25) is 35.4 Å². The van der Waals surface area contributed by atoms with E-state index in [-0.39, 0.29) is 0 Å². The van der Waals surface area contributed by atoms with Crippen LogP contribution in [0.15, 0.2) is 0 Å². The van der Waals surface area contributed by atoms with Crippen molar-refractivity contribution in [3.05, 3.63) is 30.3 Å². The zero-order chi connectivity index (χ0) is 9.94. The first-order chi connectivity index (χ1) is 5.30. The predicted molar refractivity (Wildman–Crippen MR) is 30.8 cm³/mol. The minimum Gasteiger partial charge on any atom is -0.264 e. The van der Waals surface area contributed by atoms with Gasteiger partial charge in [0.25, 0.3) is 0 Å². The van der Waals surface area contributed by atoms with Crippen LogP contribution in [-0.4, -0.2) is 32.3 Å². The molecule has 0 bridgehead atoms. The molecule has 0 rings (SSSR count). The molecule has 0 atom stereocenters. The second-order valence-corrected chi connectivity index (χ2v) is 1.78. The molecule has 68 valence electrons. The molecule has 0 aromatic carbocycles. The third kappa shape index (κ3) is 1.82.